The SMILES string of the molecule is CCN(CCC(=O)OC)C(=O)c1ccccc1[N+](=O)[O-]. The minimum absolute atomic E-state index is 0.0178. The van der Waals surface area contributed by atoms with Gasteiger partial charge in [-0.05, 0) is 13.0 Å². The van der Waals surface area contributed by atoms with E-state index in [-0.39, 0.29) is 24.2 Å². The van der Waals surface area contributed by atoms with Crippen LogP contribution in [-0.4, -0.2) is 41.9 Å². The van der Waals surface area contributed by atoms with Gasteiger partial charge in [0.25, 0.3) is 11.6 Å². The number of carbonyl (C=O) groups is 2. The normalized spacial score (nSPS) is 9.90. The molecular weight excluding hydrogens is 264 g/mol. The zero-order chi connectivity index (χ0) is 15.1. The molecule has 0 aliphatic carbocycles. The predicted octanol–water partition coefficient (Wildman–Crippen LogP) is 1.62. The van der Waals surface area contributed by atoms with Crippen LogP contribution in [0.1, 0.15) is 23.7 Å². The van der Waals surface area contributed by atoms with Crippen molar-refractivity contribution in [3.05, 3.63) is 39.9 Å². The number of methoxy groups -OCH3 is 1. The van der Waals surface area contributed by atoms with Gasteiger partial charge in [-0.1, -0.05) is 12.1 Å². The van der Waals surface area contributed by atoms with Crippen molar-refractivity contribution in [2.75, 3.05) is 20.2 Å². The summed E-state index contributed by atoms with van der Waals surface area (Å²) >= 11 is 0. The minimum Gasteiger partial charge on any atom is -0.469 e. The molecule has 108 valence electrons. The third-order valence-electron chi connectivity index (χ3n) is 2.81. The fourth-order valence-electron chi connectivity index (χ4n) is 1.72. The molecule has 1 rings (SSSR count). The Bertz CT molecular complexity index is 515. The van der Waals surface area contributed by atoms with Crippen LogP contribution >= 0.6 is 0 Å². The van der Waals surface area contributed by atoms with Crippen molar-refractivity contribution >= 4 is 17.6 Å². The van der Waals surface area contributed by atoms with Crippen molar-refractivity contribution in [3.8, 4) is 0 Å². The molecule has 7 heteroatoms. The third kappa shape index (κ3) is 3.78. The van der Waals surface area contributed by atoms with Crippen LogP contribution in [0, 0.1) is 10.1 Å². The molecule has 1 aromatic rings. The van der Waals surface area contributed by atoms with Crippen LogP contribution in [0.2, 0.25) is 0 Å². The van der Waals surface area contributed by atoms with Gasteiger partial charge in [-0.2, -0.15) is 0 Å². The molecule has 0 radical (unpaired) electrons. The summed E-state index contributed by atoms with van der Waals surface area (Å²) in [6.45, 7) is 2.25. The number of ether oxygens (including phenoxy) is 1. The number of benzene rings is 1. The number of nitro benzene ring substituents is 1. The molecule has 0 unspecified atom stereocenters. The lowest BCUT2D eigenvalue weighted by Gasteiger charge is -2.20. The number of hydrogen-bond donors (Lipinski definition) is 0. The van der Waals surface area contributed by atoms with E-state index >= 15 is 0 Å². The Morgan fingerprint density at radius 2 is 2.00 bits per heavy atom. The molecule has 1 aromatic carbocycles. The molecule has 0 bridgehead atoms. The Hall–Kier alpha value is -2.44. The van der Waals surface area contributed by atoms with E-state index in [1.165, 1.54) is 30.2 Å². The van der Waals surface area contributed by atoms with Gasteiger partial charge in [0.15, 0.2) is 0 Å². The molecular formula is C13H16N2O5. The first-order valence-electron chi connectivity index (χ1n) is 6.10. The van der Waals surface area contributed by atoms with Gasteiger partial charge < -0.3 is 9.64 Å². The summed E-state index contributed by atoms with van der Waals surface area (Å²) in [6, 6.07) is 5.75. The van der Waals surface area contributed by atoms with Gasteiger partial charge >= 0.3 is 5.97 Å². The summed E-state index contributed by atoms with van der Waals surface area (Å²) < 4.78 is 4.51. The monoisotopic (exact) mass is 280 g/mol. The molecule has 0 saturated carbocycles. The van der Waals surface area contributed by atoms with Gasteiger partial charge in [0, 0.05) is 19.2 Å². The van der Waals surface area contributed by atoms with Crippen molar-refractivity contribution in [3.63, 3.8) is 0 Å². The summed E-state index contributed by atoms with van der Waals surface area (Å²) in [5.74, 6) is -0.900. The van der Waals surface area contributed by atoms with Crippen LogP contribution < -0.4 is 0 Å². The van der Waals surface area contributed by atoms with Crippen LogP contribution in [0.3, 0.4) is 0 Å². The smallest absolute Gasteiger partial charge is 0.307 e. The molecule has 0 atom stereocenters. The highest BCUT2D eigenvalue weighted by Crippen LogP contribution is 2.19. The fourth-order valence-corrected chi connectivity index (χ4v) is 1.72. The molecule has 0 heterocycles. The highest BCUT2D eigenvalue weighted by Gasteiger charge is 2.23. The molecule has 0 spiro atoms. The summed E-state index contributed by atoms with van der Waals surface area (Å²) in [5.41, 5.74) is -0.224. The average molecular weight is 280 g/mol. The molecule has 0 aliphatic heterocycles. The van der Waals surface area contributed by atoms with E-state index in [0.29, 0.717) is 6.54 Å². The first-order chi connectivity index (χ1) is 9.51. The number of rotatable bonds is 6. The Balaban J connectivity index is 2.91. The van der Waals surface area contributed by atoms with Gasteiger partial charge in [-0.25, -0.2) is 0 Å². The predicted molar refractivity (Wildman–Crippen MR) is 71.3 cm³/mol. The maximum Gasteiger partial charge on any atom is 0.307 e. The third-order valence-corrected chi connectivity index (χ3v) is 2.81. The Morgan fingerprint density at radius 3 is 2.55 bits per heavy atom. The van der Waals surface area contributed by atoms with Crippen molar-refractivity contribution in [2.45, 2.75) is 13.3 Å². The summed E-state index contributed by atoms with van der Waals surface area (Å²) in [7, 11) is 1.27. The van der Waals surface area contributed by atoms with Gasteiger partial charge in [0.05, 0.1) is 18.5 Å². The van der Waals surface area contributed by atoms with Crippen molar-refractivity contribution < 1.29 is 19.2 Å². The molecule has 0 N–H and O–H groups in total. The second kappa shape index (κ2) is 7.22. The first kappa shape index (κ1) is 15.6. The molecule has 0 aromatic heterocycles. The number of para-hydroxylation sites is 1. The average Bonchev–Trinajstić information content (AvgIpc) is 2.47. The Labute approximate surface area is 116 Å². The lowest BCUT2D eigenvalue weighted by Crippen LogP contribution is -2.33. The van der Waals surface area contributed by atoms with Gasteiger partial charge in [0.1, 0.15) is 5.56 Å². The standard InChI is InChI=1S/C13H16N2O5/c1-3-14(9-8-12(16)20-2)13(17)10-6-4-5-7-11(10)15(18)19/h4-7H,3,8-9H2,1-2H3. The summed E-state index contributed by atoms with van der Waals surface area (Å²) in [4.78, 5) is 35.1. The number of esters is 1. The lowest BCUT2D eigenvalue weighted by molar-refractivity contribution is -0.385. The van der Waals surface area contributed by atoms with E-state index in [1.807, 2.05) is 0 Å². The number of nitrogens with zero attached hydrogens (tertiary/aromatic N) is 2. The molecule has 0 fully saturated rings. The molecule has 1 amide bonds. The largest absolute Gasteiger partial charge is 0.469 e. The van der Waals surface area contributed by atoms with E-state index in [9.17, 15) is 19.7 Å². The second-order valence-electron chi connectivity index (χ2n) is 3.99. The van der Waals surface area contributed by atoms with E-state index in [1.54, 1.807) is 13.0 Å². The van der Waals surface area contributed by atoms with Crippen molar-refractivity contribution in [1.82, 2.24) is 4.90 Å². The van der Waals surface area contributed by atoms with Gasteiger partial charge in [-0.15, -0.1) is 0 Å². The quantitative estimate of drug-likeness (QED) is 0.448. The van der Waals surface area contributed by atoms with E-state index in [2.05, 4.69) is 4.74 Å². The highest BCUT2D eigenvalue weighted by molar-refractivity contribution is 5.98. The van der Waals surface area contributed by atoms with Crippen LogP contribution in [0.25, 0.3) is 0 Å². The maximum atomic E-state index is 12.3. The van der Waals surface area contributed by atoms with Crippen LogP contribution in [0.5, 0.6) is 0 Å². The van der Waals surface area contributed by atoms with Gasteiger partial charge in [0.2, 0.25) is 0 Å². The maximum absolute atomic E-state index is 12.3. The first-order valence-corrected chi connectivity index (χ1v) is 6.10. The Kier molecular flexibility index (Phi) is 5.64. The van der Waals surface area contributed by atoms with Crippen molar-refractivity contribution in [2.24, 2.45) is 0 Å². The van der Waals surface area contributed by atoms with E-state index < -0.39 is 16.8 Å². The molecule has 0 aliphatic rings. The molecule has 7 nitrogen and oxygen atoms in total. The van der Waals surface area contributed by atoms with Gasteiger partial charge in [-0.3, -0.25) is 19.7 Å². The zero-order valence-electron chi connectivity index (χ0n) is 11.4. The fraction of sp³-hybridized carbons (Fsp3) is 0.385. The lowest BCUT2D eigenvalue weighted by atomic mass is 10.1. The van der Waals surface area contributed by atoms with E-state index in [0.717, 1.165) is 0 Å². The van der Waals surface area contributed by atoms with Crippen LogP contribution in [0.4, 0.5) is 5.69 Å². The Morgan fingerprint density at radius 1 is 1.35 bits per heavy atom. The minimum atomic E-state index is -0.596. The summed E-state index contributed by atoms with van der Waals surface area (Å²) in [6.07, 6.45) is 0.0523. The number of carbonyl (C=O) groups excluding carboxylic acids is 2. The van der Waals surface area contributed by atoms with Crippen LogP contribution in [0.15, 0.2) is 24.3 Å². The number of hydrogen-bond acceptors (Lipinski definition) is 5. The molecule has 20 heavy (non-hydrogen) atoms. The second-order valence-corrected chi connectivity index (χ2v) is 3.99. The van der Waals surface area contributed by atoms with Crippen molar-refractivity contribution in [1.29, 1.82) is 0 Å². The topological polar surface area (TPSA) is 89.8 Å². The van der Waals surface area contributed by atoms with Crippen LogP contribution in [-0.2, 0) is 9.53 Å². The number of nitro groups is 1. The zero-order valence-corrected chi connectivity index (χ0v) is 11.4. The van der Waals surface area contributed by atoms with E-state index in [4.69, 9.17) is 0 Å². The number of amides is 1. The molecule has 0 saturated heterocycles. The summed E-state index contributed by atoms with van der Waals surface area (Å²) in [5, 5.41) is 10.9. The highest BCUT2D eigenvalue weighted by atomic mass is 16.6.